The molecule has 0 saturated heterocycles. The number of ether oxygens (including phenoxy) is 3. The van der Waals surface area contributed by atoms with E-state index in [1.807, 2.05) is 0 Å². The maximum absolute atomic E-state index is 12.6. The van der Waals surface area contributed by atoms with Crippen LogP contribution >= 0.6 is 0 Å². The molecule has 0 heterocycles. The Morgan fingerprint density at radius 1 is 0.344 bits per heavy atom. The molecule has 64 heavy (non-hydrogen) atoms. The number of carbonyl (C=O) groups excluding carboxylic acids is 2. The lowest BCUT2D eigenvalue weighted by molar-refractivity contribution is -0.155. The van der Waals surface area contributed by atoms with Crippen LogP contribution in [0.4, 0.5) is 0 Å². The maximum Gasteiger partial charge on any atom is 0.305 e. The molecule has 0 radical (unpaired) electrons. The van der Waals surface area contributed by atoms with E-state index in [9.17, 15) is 9.59 Å². The Kier molecular flexibility index (Phi) is 51.0. The van der Waals surface area contributed by atoms with Gasteiger partial charge >= 0.3 is 11.9 Å². The predicted molar refractivity (Wildman–Crippen MR) is 279 cm³/mol. The highest BCUT2D eigenvalue weighted by Gasteiger charge is 2.16. The fourth-order valence-electron chi connectivity index (χ4n) is 6.92. The zero-order chi connectivity index (χ0) is 46.3. The van der Waals surface area contributed by atoms with E-state index in [-0.39, 0.29) is 25.2 Å². The van der Waals surface area contributed by atoms with Gasteiger partial charge in [-0.25, -0.2) is 0 Å². The van der Waals surface area contributed by atoms with Gasteiger partial charge in [-0.1, -0.05) is 226 Å². The van der Waals surface area contributed by atoms with Gasteiger partial charge in [0, 0.05) is 19.4 Å². The first-order valence-electron chi connectivity index (χ1n) is 26.4. The van der Waals surface area contributed by atoms with Crippen molar-refractivity contribution in [1.29, 1.82) is 0 Å². The molecule has 0 rings (SSSR count). The van der Waals surface area contributed by atoms with Crippen LogP contribution in [0.5, 0.6) is 0 Å². The molecule has 0 bridgehead atoms. The highest BCUT2D eigenvalue weighted by molar-refractivity contribution is 5.69. The van der Waals surface area contributed by atoms with Gasteiger partial charge in [-0.2, -0.15) is 0 Å². The molecule has 0 aliphatic rings. The number of carbonyl (C=O) groups is 2. The Morgan fingerprint density at radius 3 is 1.03 bits per heavy atom. The first-order chi connectivity index (χ1) is 31.6. The van der Waals surface area contributed by atoms with Crippen molar-refractivity contribution in [3.8, 4) is 0 Å². The molecule has 5 nitrogen and oxygen atoms in total. The van der Waals surface area contributed by atoms with Crippen LogP contribution in [0.2, 0.25) is 0 Å². The van der Waals surface area contributed by atoms with Crippen LogP contribution in [0.1, 0.15) is 226 Å². The first kappa shape index (κ1) is 60.6. The van der Waals surface area contributed by atoms with Gasteiger partial charge in [-0.05, 0) is 96.3 Å². The molecular weight excluding hydrogens is 789 g/mol. The van der Waals surface area contributed by atoms with Gasteiger partial charge < -0.3 is 14.2 Å². The Labute approximate surface area is 395 Å². The highest BCUT2D eigenvalue weighted by Crippen LogP contribution is 2.14. The van der Waals surface area contributed by atoms with Crippen molar-refractivity contribution < 1.29 is 23.8 Å². The fourth-order valence-corrected chi connectivity index (χ4v) is 6.92. The molecule has 0 fully saturated rings. The van der Waals surface area contributed by atoms with Crippen molar-refractivity contribution in [3.63, 3.8) is 0 Å². The standard InChI is InChI=1S/C59H98O5/c1-4-7-10-13-16-19-22-25-28-30-32-35-38-41-44-47-50-53-59(61)64-56-57(62-54-51-48-45-42-39-36-33-29-26-23-20-17-14-11-8-5-2)55-63-58(60)52-49-46-43-40-37-34-31-27-24-21-18-15-12-9-6-3/h7,9-10,12,16,18-19,21,25,27-28,31-32,35,37,40-41,44,57H,4-6,8,11,13-15,17,20,22-24,26,29-30,33-34,36,38-39,42-43,45-56H2,1-3H3/b10-7-,12-9-,19-16-,21-18-,28-25-,31-27-,35-32-,40-37-,44-41-/t57-/m0/s1. The molecule has 0 spiro atoms. The Bertz CT molecular complexity index is 1280. The number of allylic oxidation sites excluding steroid dienone is 18. The molecule has 0 aliphatic heterocycles. The van der Waals surface area contributed by atoms with Crippen LogP contribution in [0.25, 0.3) is 0 Å². The molecule has 0 amide bonds. The molecule has 1 atom stereocenters. The molecule has 0 aromatic rings. The van der Waals surface area contributed by atoms with Gasteiger partial charge in [0.25, 0.3) is 0 Å². The lowest BCUT2D eigenvalue weighted by Crippen LogP contribution is -2.29. The largest absolute Gasteiger partial charge is 0.463 e. The first-order valence-corrected chi connectivity index (χ1v) is 26.4. The second-order valence-corrected chi connectivity index (χ2v) is 17.0. The van der Waals surface area contributed by atoms with E-state index < -0.39 is 6.10 Å². The molecule has 0 saturated carbocycles. The van der Waals surface area contributed by atoms with E-state index in [4.69, 9.17) is 14.2 Å². The summed E-state index contributed by atoms with van der Waals surface area (Å²) in [4.78, 5) is 25.2. The summed E-state index contributed by atoms with van der Waals surface area (Å²) in [5.41, 5.74) is 0. The molecule has 0 N–H and O–H groups in total. The van der Waals surface area contributed by atoms with Crippen molar-refractivity contribution >= 4 is 11.9 Å². The summed E-state index contributed by atoms with van der Waals surface area (Å²) in [6, 6.07) is 0. The van der Waals surface area contributed by atoms with Crippen molar-refractivity contribution in [2.75, 3.05) is 19.8 Å². The minimum absolute atomic E-state index is 0.110. The summed E-state index contributed by atoms with van der Waals surface area (Å²) in [7, 11) is 0. The van der Waals surface area contributed by atoms with Gasteiger partial charge in [-0.15, -0.1) is 0 Å². The van der Waals surface area contributed by atoms with Crippen LogP contribution in [0, 0.1) is 0 Å². The monoisotopic (exact) mass is 887 g/mol. The van der Waals surface area contributed by atoms with Crippen molar-refractivity contribution in [2.24, 2.45) is 0 Å². The normalized spacial score (nSPS) is 13.1. The van der Waals surface area contributed by atoms with E-state index in [1.165, 1.54) is 89.9 Å². The van der Waals surface area contributed by atoms with E-state index in [0.717, 1.165) is 103 Å². The Morgan fingerprint density at radius 2 is 0.656 bits per heavy atom. The van der Waals surface area contributed by atoms with E-state index >= 15 is 0 Å². The molecule has 0 aromatic carbocycles. The summed E-state index contributed by atoms with van der Waals surface area (Å²) in [6.45, 7) is 7.39. The van der Waals surface area contributed by atoms with Gasteiger partial charge in [0.15, 0.2) is 0 Å². The van der Waals surface area contributed by atoms with Crippen LogP contribution in [0.3, 0.4) is 0 Å². The van der Waals surface area contributed by atoms with Crippen LogP contribution < -0.4 is 0 Å². The second kappa shape index (κ2) is 53.9. The maximum atomic E-state index is 12.6. The topological polar surface area (TPSA) is 61.8 Å². The van der Waals surface area contributed by atoms with Crippen LogP contribution in [-0.2, 0) is 23.8 Å². The number of rotatable bonds is 47. The van der Waals surface area contributed by atoms with Gasteiger partial charge in [-0.3, -0.25) is 9.59 Å². The molecule has 5 heteroatoms. The fraction of sp³-hybridized carbons (Fsp3) is 0.661. The molecule has 0 unspecified atom stereocenters. The summed E-state index contributed by atoms with van der Waals surface area (Å²) in [5.74, 6) is -0.449. The number of hydrogen-bond donors (Lipinski definition) is 0. The lowest BCUT2D eigenvalue weighted by Gasteiger charge is -2.18. The van der Waals surface area contributed by atoms with Crippen molar-refractivity contribution in [1.82, 2.24) is 0 Å². The third-order valence-corrected chi connectivity index (χ3v) is 10.8. The van der Waals surface area contributed by atoms with Crippen LogP contribution in [0.15, 0.2) is 109 Å². The zero-order valence-electron chi connectivity index (χ0n) is 41.8. The summed E-state index contributed by atoms with van der Waals surface area (Å²) in [5, 5.41) is 0. The third-order valence-electron chi connectivity index (χ3n) is 10.8. The van der Waals surface area contributed by atoms with Gasteiger partial charge in [0.05, 0.1) is 0 Å². The number of unbranched alkanes of at least 4 members (excludes halogenated alkanes) is 18. The quantitative estimate of drug-likeness (QED) is 0.0346. The van der Waals surface area contributed by atoms with Crippen molar-refractivity contribution in [2.45, 2.75) is 232 Å². The Balaban J connectivity index is 4.42. The minimum Gasteiger partial charge on any atom is -0.463 e. The zero-order valence-corrected chi connectivity index (χ0v) is 41.8. The summed E-state index contributed by atoms with van der Waals surface area (Å²) < 4.78 is 17.4. The molecule has 0 aliphatic carbocycles. The smallest absolute Gasteiger partial charge is 0.305 e. The predicted octanol–water partition coefficient (Wildman–Crippen LogP) is 18.0. The second-order valence-electron chi connectivity index (χ2n) is 17.0. The number of esters is 2. The molecular formula is C59H98O5. The van der Waals surface area contributed by atoms with E-state index in [1.54, 1.807) is 0 Å². The van der Waals surface area contributed by atoms with E-state index in [2.05, 4.69) is 130 Å². The Hall–Kier alpha value is -3.44. The average molecular weight is 887 g/mol. The molecule has 0 aromatic heterocycles. The third kappa shape index (κ3) is 51.2. The summed E-state index contributed by atoms with van der Waals surface area (Å²) >= 11 is 0. The van der Waals surface area contributed by atoms with Crippen molar-refractivity contribution in [3.05, 3.63) is 109 Å². The van der Waals surface area contributed by atoms with Gasteiger partial charge in [0.1, 0.15) is 19.3 Å². The van der Waals surface area contributed by atoms with E-state index in [0.29, 0.717) is 19.4 Å². The van der Waals surface area contributed by atoms with Crippen LogP contribution in [-0.4, -0.2) is 37.9 Å². The highest BCUT2D eigenvalue weighted by atomic mass is 16.6. The molecule has 364 valence electrons. The lowest BCUT2D eigenvalue weighted by atomic mass is 10.0. The average Bonchev–Trinajstić information content (AvgIpc) is 3.30. The summed E-state index contributed by atoms with van der Waals surface area (Å²) in [6.07, 6.45) is 74.2. The minimum atomic E-state index is -0.445. The number of hydrogen-bond acceptors (Lipinski definition) is 5. The van der Waals surface area contributed by atoms with Gasteiger partial charge in [0.2, 0.25) is 0 Å². The SMILES string of the molecule is CC/C=C\C/C=C\C/C=C\C/C=C\C/C=C\CCCC(=O)OC[C@H](COC(=O)CCCC/C=C\C/C=C\C/C=C\C/C=C\CC)OCCCCCCCCCCCCCCCCCC.